The molecule has 0 bridgehead atoms. The molecule has 1 amide bonds. The number of sulfonamides is 1. The molecule has 1 fully saturated rings. The number of anilines is 1. The fourth-order valence-electron chi connectivity index (χ4n) is 4.04. The third-order valence-corrected chi connectivity index (χ3v) is 7.95. The van der Waals surface area contributed by atoms with Gasteiger partial charge >= 0.3 is 0 Å². The van der Waals surface area contributed by atoms with Crippen LogP contribution in [0.3, 0.4) is 0 Å². The van der Waals surface area contributed by atoms with E-state index >= 15 is 0 Å². The summed E-state index contributed by atoms with van der Waals surface area (Å²) in [5, 5.41) is 2.03. The zero-order valence-electron chi connectivity index (χ0n) is 17.2. The van der Waals surface area contributed by atoms with Crippen molar-refractivity contribution in [1.82, 2.24) is 4.90 Å². The van der Waals surface area contributed by atoms with Crippen molar-refractivity contribution in [3.05, 3.63) is 70.4 Å². The lowest BCUT2D eigenvalue weighted by atomic mass is 10.1. The van der Waals surface area contributed by atoms with Crippen LogP contribution in [-0.4, -0.2) is 39.0 Å². The predicted molar refractivity (Wildman–Crippen MR) is 122 cm³/mol. The van der Waals surface area contributed by atoms with Gasteiger partial charge in [0.15, 0.2) is 11.5 Å². The lowest BCUT2D eigenvalue weighted by Gasteiger charge is -2.24. The van der Waals surface area contributed by atoms with Crippen LogP contribution in [0, 0.1) is 0 Å². The highest BCUT2D eigenvalue weighted by Gasteiger charge is 2.31. The average Bonchev–Trinajstić information content (AvgIpc) is 3.50. The lowest BCUT2D eigenvalue weighted by molar-refractivity contribution is 0.0738. The van der Waals surface area contributed by atoms with E-state index in [9.17, 15) is 13.2 Å². The van der Waals surface area contributed by atoms with Gasteiger partial charge in [-0.2, -0.15) is 0 Å². The van der Waals surface area contributed by atoms with Gasteiger partial charge in [0.25, 0.3) is 15.9 Å². The highest BCUT2D eigenvalue weighted by Crippen LogP contribution is 2.36. The third-order valence-electron chi connectivity index (χ3n) is 5.59. The number of fused-ring (bicyclic) bond motifs is 1. The van der Waals surface area contributed by atoms with Crippen molar-refractivity contribution >= 4 is 33.0 Å². The van der Waals surface area contributed by atoms with Gasteiger partial charge in [-0.1, -0.05) is 6.07 Å². The molecule has 2 aliphatic rings. The number of benzene rings is 2. The standard InChI is InChI=1S/C23H22N2O5S2/c26-23(25-11-1-3-19(25)22-4-2-14-31-22)16-5-7-17(8-6-16)24-32(27,28)18-9-10-20-21(15-18)30-13-12-29-20/h2,4-10,14-15,19,24H,1,3,11-13H2/t19-/m1/s1. The van der Waals surface area contributed by atoms with Gasteiger partial charge < -0.3 is 14.4 Å². The molecule has 0 saturated carbocycles. The van der Waals surface area contributed by atoms with Crippen LogP contribution < -0.4 is 14.2 Å². The lowest BCUT2D eigenvalue weighted by Crippen LogP contribution is -2.30. The molecule has 1 saturated heterocycles. The van der Waals surface area contributed by atoms with Crippen LogP contribution in [0.15, 0.2) is 64.9 Å². The van der Waals surface area contributed by atoms with Crippen LogP contribution in [0.25, 0.3) is 0 Å². The van der Waals surface area contributed by atoms with E-state index in [1.54, 1.807) is 41.7 Å². The predicted octanol–water partition coefficient (Wildman–Crippen LogP) is 4.30. The molecule has 1 aromatic heterocycles. The Kier molecular flexibility index (Phi) is 5.52. The molecular formula is C23H22N2O5S2. The molecule has 0 unspecified atom stereocenters. The molecule has 32 heavy (non-hydrogen) atoms. The fourth-order valence-corrected chi connectivity index (χ4v) is 5.99. The van der Waals surface area contributed by atoms with Gasteiger partial charge in [0, 0.05) is 28.7 Å². The fraction of sp³-hybridized carbons (Fsp3) is 0.261. The number of hydrogen-bond acceptors (Lipinski definition) is 6. The second kappa shape index (κ2) is 8.48. The summed E-state index contributed by atoms with van der Waals surface area (Å²) in [6.07, 6.45) is 1.93. The van der Waals surface area contributed by atoms with E-state index in [0.717, 1.165) is 19.4 Å². The highest BCUT2D eigenvalue weighted by atomic mass is 32.2. The second-order valence-electron chi connectivity index (χ2n) is 7.66. The smallest absolute Gasteiger partial charge is 0.262 e. The molecular weight excluding hydrogens is 448 g/mol. The molecule has 2 aromatic carbocycles. The first-order chi connectivity index (χ1) is 15.5. The van der Waals surface area contributed by atoms with Crippen molar-refractivity contribution in [2.75, 3.05) is 24.5 Å². The number of likely N-dealkylation sites (tertiary alicyclic amines) is 1. The SMILES string of the molecule is O=C(c1ccc(NS(=O)(=O)c2ccc3c(c2)OCCO3)cc1)N1CCC[C@@H]1c1cccs1. The Morgan fingerprint density at radius 2 is 1.81 bits per heavy atom. The van der Waals surface area contributed by atoms with Crippen molar-refractivity contribution < 1.29 is 22.7 Å². The number of carbonyl (C=O) groups excluding carboxylic acids is 1. The Morgan fingerprint density at radius 1 is 1.03 bits per heavy atom. The van der Waals surface area contributed by atoms with Crippen molar-refractivity contribution in [3.63, 3.8) is 0 Å². The topological polar surface area (TPSA) is 84.9 Å². The second-order valence-corrected chi connectivity index (χ2v) is 10.3. The van der Waals surface area contributed by atoms with Crippen molar-refractivity contribution in [2.24, 2.45) is 0 Å². The van der Waals surface area contributed by atoms with Crippen molar-refractivity contribution in [1.29, 1.82) is 0 Å². The molecule has 0 radical (unpaired) electrons. The number of ether oxygens (including phenoxy) is 2. The zero-order valence-corrected chi connectivity index (χ0v) is 18.8. The molecule has 0 spiro atoms. The minimum atomic E-state index is -3.81. The van der Waals surface area contributed by atoms with E-state index in [-0.39, 0.29) is 16.8 Å². The average molecular weight is 471 g/mol. The van der Waals surface area contributed by atoms with Crippen molar-refractivity contribution in [3.8, 4) is 11.5 Å². The van der Waals surface area contributed by atoms with Crippen LogP contribution in [-0.2, 0) is 10.0 Å². The number of nitrogens with zero attached hydrogens (tertiary/aromatic N) is 1. The summed E-state index contributed by atoms with van der Waals surface area (Å²) in [7, 11) is -3.81. The number of nitrogens with one attached hydrogen (secondary N) is 1. The Morgan fingerprint density at radius 3 is 2.56 bits per heavy atom. The van der Waals surface area contributed by atoms with E-state index < -0.39 is 10.0 Å². The summed E-state index contributed by atoms with van der Waals surface area (Å²) in [6, 6.07) is 15.2. The van der Waals surface area contributed by atoms with Gasteiger partial charge in [0.05, 0.1) is 10.9 Å². The Balaban J connectivity index is 1.31. The summed E-state index contributed by atoms with van der Waals surface area (Å²) in [4.78, 5) is 16.3. The zero-order chi connectivity index (χ0) is 22.1. The summed E-state index contributed by atoms with van der Waals surface area (Å²) in [5.74, 6) is 0.897. The molecule has 3 aromatic rings. The number of amides is 1. The molecule has 0 aliphatic carbocycles. The first kappa shape index (κ1) is 20.8. The summed E-state index contributed by atoms with van der Waals surface area (Å²) < 4.78 is 39.1. The van der Waals surface area contributed by atoms with Gasteiger partial charge in [0.2, 0.25) is 0 Å². The van der Waals surface area contributed by atoms with Crippen LogP contribution in [0.1, 0.15) is 34.1 Å². The van der Waals surface area contributed by atoms with Crippen LogP contribution in [0.4, 0.5) is 5.69 Å². The molecule has 2 aliphatic heterocycles. The number of hydrogen-bond donors (Lipinski definition) is 1. The minimum absolute atomic E-state index is 0.0397. The maximum Gasteiger partial charge on any atom is 0.262 e. The minimum Gasteiger partial charge on any atom is -0.486 e. The largest absolute Gasteiger partial charge is 0.486 e. The van der Waals surface area contributed by atoms with E-state index in [4.69, 9.17) is 9.47 Å². The molecule has 1 N–H and O–H groups in total. The van der Waals surface area contributed by atoms with Crippen LogP contribution in [0.5, 0.6) is 11.5 Å². The maximum absolute atomic E-state index is 13.1. The normalized spacial score (nSPS) is 17.9. The quantitative estimate of drug-likeness (QED) is 0.601. The maximum atomic E-state index is 13.1. The summed E-state index contributed by atoms with van der Waals surface area (Å²) in [5.41, 5.74) is 0.920. The van der Waals surface area contributed by atoms with E-state index in [0.29, 0.717) is 36.0 Å². The molecule has 3 heterocycles. The first-order valence-corrected chi connectivity index (χ1v) is 12.7. The van der Waals surface area contributed by atoms with Gasteiger partial charge in [-0.25, -0.2) is 8.42 Å². The molecule has 9 heteroatoms. The number of rotatable bonds is 5. The van der Waals surface area contributed by atoms with Gasteiger partial charge in [-0.05, 0) is 60.7 Å². The van der Waals surface area contributed by atoms with Crippen LogP contribution >= 0.6 is 11.3 Å². The van der Waals surface area contributed by atoms with Gasteiger partial charge in [-0.15, -0.1) is 11.3 Å². The van der Waals surface area contributed by atoms with Gasteiger partial charge in [-0.3, -0.25) is 9.52 Å². The molecule has 1 atom stereocenters. The van der Waals surface area contributed by atoms with Crippen molar-refractivity contribution in [2.45, 2.75) is 23.8 Å². The molecule has 5 rings (SSSR count). The van der Waals surface area contributed by atoms with E-state index in [1.807, 2.05) is 16.3 Å². The highest BCUT2D eigenvalue weighted by molar-refractivity contribution is 7.92. The third kappa shape index (κ3) is 4.05. The monoisotopic (exact) mass is 470 g/mol. The summed E-state index contributed by atoms with van der Waals surface area (Å²) in [6.45, 7) is 1.54. The van der Waals surface area contributed by atoms with E-state index in [2.05, 4.69) is 10.8 Å². The number of thiophene rings is 1. The van der Waals surface area contributed by atoms with Gasteiger partial charge in [0.1, 0.15) is 13.2 Å². The van der Waals surface area contributed by atoms with Crippen LogP contribution in [0.2, 0.25) is 0 Å². The first-order valence-electron chi connectivity index (χ1n) is 10.4. The summed E-state index contributed by atoms with van der Waals surface area (Å²) >= 11 is 1.66. The Hall–Kier alpha value is -3.04. The Bertz CT molecular complexity index is 1220. The number of carbonyl (C=O) groups is 1. The Labute approximate surface area is 190 Å². The molecule has 166 valence electrons. The molecule has 7 nitrogen and oxygen atoms in total. The van der Waals surface area contributed by atoms with E-state index in [1.165, 1.54) is 17.0 Å².